The molecule has 1 N–H and O–H groups in total. The molecular weight excluding hydrogens is 232 g/mol. The molecule has 0 aromatic carbocycles. The van der Waals surface area contributed by atoms with Gasteiger partial charge in [-0.2, -0.15) is 5.10 Å². The average Bonchev–Trinajstić information content (AvgIpc) is 2.68. The molecule has 0 saturated heterocycles. The number of aromatic nitrogens is 2. The summed E-state index contributed by atoms with van der Waals surface area (Å²) in [6.45, 7) is 0. The lowest BCUT2D eigenvalue weighted by Gasteiger charge is -1.93. The van der Waals surface area contributed by atoms with E-state index in [1.54, 1.807) is 23.7 Å². The van der Waals surface area contributed by atoms with Crippen molar-refractivity contribution in [1.29, 1.82) is 0 Å². The van der Waals surface area contributed by atoms with Crippen LogP contribution in [0.4, 0.5) is 0 Å². The topological polar surface area (TPSA) is 63.1 Å². The molecule has 0 amide bonds. The van der Waals surface area contributed by atoms with Crippen LogP contribution in [0.25, 0.3) is 0 Å². The van der Waals surface area contributed by atoms with Crippen LogP contribution in [0.3, 0.4) is 0 Å². The van der Waals surface area contributed by atoms with Gasteiger partial charge in [0.1, 0.15) is 9.90 Å². The third-order valence-electron chi connectivity index (χ3n) is 1.56. The van der Waals surface area contributed by atoms with Gasteiger partial charge in [0.2, 0.25) is 0 Å². The van der Waals surface area contributed by atoms with Crippen LogP contribution in [0.5, 0.6) is 0 Å². The monoisotopic (exact) mass is 238 g/mol. The van der Waals surface area contributed by atoms with Crippen molar-refractivity contribution in [2.75, 3.05) is 0 Å². The van der Waals surface area contributed by atoms with E-state index in [0.717, 1.165) is 9.92 Å². The maximum Gasteiger partial charge on any atom is 0.345 e. The maximum atomic E-state index is 10.6. The van der Waals surface area contributed by atoms with Crippen molar-refractivity contribution in [3.05, 3.63) is 34.7 Å². The van der Waals surface area contributed by atoms with E-state index >= 15 is 0 Å². The molecule has 0 aliphatic rings. The summed E-state index contributed by atoms with van der Waals surface area (Å²) in [5.41, 5.74) is 0. The first-order valence-corrected chi connectivity index (χ1v) is 5.73. The van der Waals surface area contributed by atoms with Gasteiger partial charge in [-0.05, 0) is 18.2 Å². The van der Waals surface area contributed by atoms with Gasteiger partial charge in [-0.15, -0.1) is 16.4 Å². The molecule has 15 heavy (non-hydrogen) atoms. The lowest BCUT2D eigenvalue weighted by atomic mass is 10.5. The second kappa shape index (κ2) is 4.41. The molecule has 2 aromatic rings. The molecule has 0 saturated carbocycles. The zero-order valence-electron chi connectivity index (χ0n) is 7.45. The van der Waals surface area contributed by atoms with Gasteiger partial charge in [0, 0.05) is 16.5 Å². The molecule has 2 aromatic heterocycles. The molecular formula is C9H6N2O2S2. The molecule has 4 nitrogen and oxygen atoms in total. The largest absolute Gasteiger partial charge is 0.477 e. The van der Waals surface area contributed by atoms with E-state index in [-0.39, 0.29) is 0 Å². The predicted octanol–water partition coefficient (Wildman–Crippen LogP) is 2.39. The fraction of sp³-hybridized carbons (Fsp3) is 0. The number of carbonyl (C=O) groups is 1. The second-order valence-electron chi connectivity index (χ2n) is 2.62. The van der Waals surface area contributed by atoms with Crippen LogP contribution in [0, 0.1) is 0 Å². The molecule has 0 fully saturated rings. The molecule has 6 heteroatoms. The first-order chi connectivity index (χ1) is 7.25. The average molecular weight is 238 g/mol. The number of hydrogen-bond donors (Lipinski definition) is 1. The summed E-state index contributed by atoms with van der Waals surface area (Å²) in [6.07, 6.45) is 1.60. The molecule has 0 aliphatic carbocycles. The van der Waals surface area contributed by atoms with E-state index in [4.69, 9.17) is 5.11 Å². The van der Waals surface area contributed by atoms with Gasteiger partial charge in [0.25, 0.3) is 0 Å². The van der Waals surface area contributed by atoms with Crippen LogP contribution in [0.2, 0.25) is 0 Å². The fourth-order valence-corrected chi connectivity index (χ4v) is 2.62. The molecule has 0 bridgehead atoms. The molecule has 76 valence electrons. The Balaban J connectivity index is 2.15. The molecule has 0 unspecified atom stereocenters. The van der Waals surface area contributed by atoms with Gasteiger partial charge < -0.3 is 5.11 Å². The Kier molecular flexibility index (Phi) is 2.98. The van der Waals surface area contributed by atoms with Gasteiger partial charge in [-0.25, -0.2) is 4.79 Å². The molecule has 0 atom stereocenters. The lowest BCUT2D eigenvalue weighted by molar-refractivity contribution is 0.0702. The minimum Gasteiger partial charge on any atom is -0.477 e. The highest BCUT2D eigenvalue weighted by atomic mass is 32.2. The van der Waals surface area contributed by atoms with E-state index in [1.165, 1.54) is 23.1 Å². The number of nitrogens with zero attached hydrogens (tertiary/aromatic N) is 2. The summed E-state index contributed by atoms with van der Waals surface area (Å²) in [5, 5.41) is 18.9. The minimum atomic E-state index is -0.897. The van der Waals surface area contributed by atoms with Crippen molar-refractivity contribution in [3.8, 4) is 0 Å². The molecule has 0 radical (unpaired) electrons. The molecule has 2 rings (SSSR count). The number of carboxylic acid groups (broad SMARTS) is 1. The standard InChI is InChI=1S/C9H6N2O2S2/c12-9(13)7-4-6(5-14-7)15-8-2-1-3-10-11-8/h1-5H,(H,12,13). The molecule has 0 spiro atoms. The first kappa shape index (κ1) is 10.1. The highest BCUT2D eigenvalue weighted by molar-refractivity contribution is 7.99. The van der Waals surface area contributed by atoms with E-state index in [0.29, 0.717) is 4.88 Å². The van der Waals surface area contributed by atoms with Gasteiger partial charge in [0.05, 0.1) is 0 Å². The number of carboxylic acids is 1. The number of aromatic carboxylic acids is 1. The summed E-state index contributed by atoms with van der Waals surface area (Å²) >= 11 is 2.61. The number of rotatable bonds is 3. The Bertz CT molecular complexity index is 470. The van der Waals surface area contributed by atoms with Gasteiger partial charge in [0.15, 0.2) is 0 Å². The Morgan fingerprint density at radius 1 is 1.53 bits per heavy atom. The minimum absolute atomic E-state index is 0.335. The Morgan fingerprint density at radius 3 is 3.00 bits per heavy atom. The third kappa shape index (κ3) is 2.54. The van der Waals surface area contributed by atoms with Crippen molar-refractivity contribution in [2.45, 2.75) is 9.92 Å². The van der Waals surface area contributed by atoms with Crippen LogP contribution < -0.4 is 0 Å². The SMILES string of the molecule is O=C(O)c1cc(Sc2cccnn2)cs1. The fourth-order valence-electron chi connectivity index (χ4n) is 0.947. The van der Waals surface area contributed by atoms with Gasteiger partial charge in [-0.3, -0.25) is 0 Å². The van der Waals surface area contributed by atoms with Crippen LogP contribution in [-0.2, 0) is 0 Å². The van der Waals surface area contributed by atoms with Gasteiger partial charge >= 0.3 is 5.97 Å². The van der Waals surface area contributed by atoms with Crippen LogP contribution >= 0.6 is 23.1 Å². The molecule has 2 heterocycles. The summed E-state index contributed by atoms with van der Waals surface area (Å²) in [4.78, 5) is 11.8. The predicted molar refractivity (Wildman–Crippen MR) is 57.4 cm³/mol. The third-order valence-corrected chi connectivity index (χ3v) is 3.52. The quantitative estimate of drug-likeness (QED) is 0.889. The van der Waals surface area contributed by atoms with E-state index in [2.05, 4.69) is 10.2 Å². The van der Waals surface area contributed by atoms with Gasteiger partial charge in [-0.1, -0.05) is 11.8 Å². The number of hydrogen-bond acceptors (Lipinski definition) is 5. The van der Waals surface area contributed by atoms with Crippen molar-refractivity contribution in [2.24, 2.45) is 0 Å². The van der Waals surface area contributed by atoms with E-state index in [1.807, 2.05) is 6.07 Å². The summed E-state index contributed by atoms with van der Waals surface area (Å²) in [7, 11) is 0. The summed E-state index contributed by atoms with van der Waals surface area (Å²) in [5.74, 6) is -0.897. The Morgan fingerprint density at radius 2 is 2.40 bits per heavy atom. The van der Waals surface area contributed by atoms with Crippen LogP contribution in [0.15, 0.2) is 39.7 Å². The van der Waals surface area contributed by atoms with Crippen molar-refractivity contribution >= 4 is 29.1 Å². The Labute approximate surface area is 94.0 Å². The van der Waals surface area contributed by atoms with Crippen molar-refractivity contribution in [1.82, 2.24) is 10.2 Å². The van der Waals surface area contributed by atoms with E-state index < -0.39 is 5.97 Å². The lowest BCUT2D eigenvalue weighted by Crippen LogP contribution is -1.89. The smallest absolute Gasteiger partial charge is 0.345 e. The molecule has 0 aliphatic heterocycles. The summed E-state index contributed by atoms with van der Waals surface area (Å²) in [6, 6.07) is 5.25. The van der Waals surface area contributed by atoms with Crippen LogP contribution in [-0.4, -0.2) is 21.3 Å². The van der Waals surface area contributed by atoms with E-state index in [9.17, 15) is 4.79 Å². The zero-order chi connectivity index (χ0) is 10.7. The van der Waals surface area contributed by atoms with Crippen molar-refractivity contribution in [3.63, 3.8) is 0 Å². The normalized spacial score (nSPS) is 10.1. The second-order valence-corrected chi connectivity index (χ2v) is 4.62. The van der Waals surface area contributed by atoms with Crippen molar-refractivity contribution < 1.29 is 9.90 Å². The van der Waals surface area contributed by atoms with Crippen LogP contribution in [0.1, 0.15) is 9.67 Å². The highest BCUT2D eigenvalue weighted by Crippen LogP contribution is 2.29. The Hall–Kier alpha value is -1.40. The zero-order valence-corrected chi connectivity index (χ0v) is 9.09. The number of thiophene rings is 1. The summed E-state index contributed by atoms with van der Waals surface area (Å²) < 4.78 is 0. The first-order valence-electron chi connectivity index (χ1n) is 4.03. The highest BCUT2D eigenvalue weighted by Gasteiger charge is 2.07. The maximum absolute atomic E-state index is 10.6.